The fourth-order valence-electron chi connectivity index (χ4n) is 2.11. The number of rotatable bonds is 3. The molecule has 0 saturated carbocycles. The van der Waals surface area contributed by atoms with Crippen LogP contribution < -0.4 is 10.4 Å². The van der Waals surface area contributed by atoms with Gasteiger partial charge in [0, 0.05) is 0 Å². The lowest BCUT2D eigenvalue weighted by Gasteiger charge is -2.04. The third-order valence-electron chi connectivity index (χ3n) is 3.24. The van der Waals surface area contributed by atoms with Crippen molar-refractivity contribution >= 4 is 33.6 Å². The van der Waals surface area contributed by atoms with Gasteiger partial charge in [0.2, 0.25) is 5.89 Å². The Bertz CT molecular complexity index is 962. The maximum absolute atomic E-state index is 12.0. The zero-order chi connectivity index (χ0) is 16.4. The molecule has 0 fully saturated rings. The van der Waals surface area contributed by atoms with E-state index in [9.17, 15) is 9.90 Å². The molecule has 0 unspecified atom stereocenters. The van der Waals surface area contributed by atoms with Crippen LogP contribution in [-0.2, 0) is 0 Å². The minimum absolute atomic E-state index is 0.0242. The molecule has 0 aliphatic carbocycles. The van der Waals surface area contributed by atoms with Gasteiger partial charge in [-0.3, -0.25) is 0 Å². The summed E-state index contributed by atoms with van der Waals surface area (Å²) in [6.45, 7) is 0. The molecule has 0 aliphatic heterocycles. The molecule has 0 atom stereocenters. The van der Waals surface area contributed by atoms with E-state index in [1.165, 1.54) is 13.2 Å². The van der Waals surface area contributed by atoms with Gasteiger partial charge in [0.15, 0.2) is 11.5 Å². The topological polar surface area (TPSA) is 72.6 Å². The smallest absolute Gasteiger partial charge is 0.347 e. The average Bonchev–Trinajstić information content (AvgIpc) is 2.56. The van der Waals surface area contributed by atoms with Crippen LogP contribution in [0.1, 0.15) is 11.5 Å². The second-order valence-corrected chi connectivity index (χ2v) is 5.15. The van der Waals surface area contributed by atoms with Crippen LogP contribution in [0.25, 0.3) is 22.0 Å². The van der Waals surface area contributed by atoms with Crippen molar-refractivity contribution < 1.29 is 14.3 Å². The number of para-hydroxylation sites is 1. The average molecular weight is 330 g/mol. The monoisotopic (exact) mass is 329 g/mol. The van der Waals surface area contributed by atoms with Crippen LogP contribution in [0.5, 0.6) is 11.5 Å². The number of nitrogens with zero attached hydrogens (tertiary/aromatic N) is 1. The number of hydrogen-bond donors (Lipinski definition) is 1. The SMILES string of the molecule is COc1cc(/C=C(\Cl)c2nc3ccccc3c(=O)o2)ccc1O. The first-order valence-corrected chi connectivity index (χ1v) is 7.11. The van der Waals surface area contributed by atoms with Gasteiger partial charge in [-0.15, -0.1) is 0 Å². The second-order valence-electron chi connectivity index (χ2n) is 4.75. The van der Waals surface area contributed by atoms with E-state index in [1.54, 1.807) is 42.5 Å². The quantitative estimate of drug-likeness (QED) is 0.794. The van der Waals surface area contributed by atoms with E-state index in [1.807, 2.05) is 0 Å². The molecule has 0 spiro atoms. The number of aromatic nitrogens is 1. The largest absolute Gasteiger partial charge is 0.504 e. The minimum Gasteiger partial charge on any atom is -0.504 e. The molecule has 6 heteroatoms. The number of fused-ring (bicyclic) bond motifs is 1. The summed E-state index contributed by atoms with van der Waals surface area (Å²) >= 11 is 6.21. The maximum atomic E-state index is 12.0. The Morgan fingerprint density at radius 1 is 1.30 bits per heavy atom. The molecule has 2 aromatic carbocycles. The molecule has 1 aromatic heterocycles. The molecule has 0 saturated heterocycles. The predicted molar refractivity (Wildman–Crippen MR) is 88.7 cm³/mol. The van der Waals surface area contributed by atoms with E-state index >= 15 is 0 Å². The molecular weight excluding hydrogens is 318 g/mol. The highest BCUT2D eigenvalue weighted by Gasteiger charge is 2.10. The third-order valence-corrected chi connectivity index (χ3v) is 3.51. The maximum Gasteiger partial charge on any atom is 0.347 e. The number of aromatic hydroxyl groups is 1. The molecule has 0 radical (unpaired) electrons. The van der Waals surface area contributed by atoms with E-state index in [0.717, 1.165) is 0 Å². The van der Waals surface area contributed by atoms with Gasteiger partial charge in [0.1, 0.15) is 5.03 Å². The van der Waals surface area contributed by atoms with Crippen molar-refractivity contribution in [3.63, 3.8) is 0 Å². The van der Waals surface area contributed by atoms with Crippen molar-refractivity contribution in [2.24, 2.45) is 0 Å². The lowest BCUT2D eigenvalue weighted by Crippen LogP contribution is -2.03. The fourth-order valence-corrected chi connectivity index (χ4v) is 2.32. The highest BCUT2D eigenvalue weighted by molar-refractivity contribution is 6.50. The summed E-state index contributed by atoms with van der Waals surface area (Å²) in [7, 11) is 1.45. The number of hydrogen-bond acceptors (Lipinski definition) is 5. The molecule has 0 amide bonds. The summed E-state index contributed by atoms with van der Waals surface area (Å²) in [4.78, 5) is 16.2. The van der Waals surface area contributed by atoms with Gasteiger partial charge in [0.05, 0.1) is 18.0 Å². The Labute approximate surface area is 136 Å². The Morgan fingerprint density at radius 3 is 2.87 bits per heavy atom. The van der Waals surface area contributed by atoms with Crippen molar-refractivity contribution in [2.75, 3.05) is 7.11 Å². The molecule has 0 aliphatic rings. The number of phenols is 1. The van der Waals surface area contributed by atoms with Crippen LogP contribution in [-0.4, -0.2) is 17.2 Å². The summed E-state index contributed by atoms with van der Waals surface area (Å²) in [6.07, 6.45) is 1.57. The number of phenolic OH excluding ortho intramolecular Hbond substituents is 1. The number of benzene rings is 2. The Hall–Kier alpha value is -2.79. The van der Waals surface area contributed by atoms with E-state index in [0.29, 0.717) is 22.2 Å². The molecule has 3 rings (SSSR count). The first-order valence-electron chi connectivity index (χ1n) is 6.73. The molecule has 1 N–H and O–H groups in total. The van der Waals surface area contributed by atoms with Crippen molar-refractivity contribution in [1.82, 2.24) is 4.98 Å². The summed E-state index contributed by atoms with van der Waals surface area (Å²) < 4.78 is 10.2. The highest BCUT2D eigenvalue weighted by Crippen LogP contribution is 2.29. The standard InChI is InChI=1S/C17H12ClNO4/c1-22-15-9-10(6-7-14(15)20)8-12(18)16-19-13-5-3-2-4-11(13)17(21)23-16/h2-9,20H,1H3/b12-8-. The van der Waals surface area contributed by atoms with Gasteiger partial charge in [-0.25, -0.2) is 9.78 Å². The summed E-state index contributed by atoms with van der Waals surface area (Å²) in [5.41, 5.74) is 0.677. The van der Waals surface area contributed by atoms with E-state index in [-0.39, 0.29) is 16.7 Å². The van der Waals surface area contributed by atoms with Gasteiger partial charge < -0.3 is 14.3 Å². The number of halogens is 1. The zero-order valence-corrected chi connectivity index (χ0v) is 12.9. The summed E-state index contributed by atoms with van der Waals surface area (Å²) in [5.74, 6) is 0.370. The summed E-state index contributed by atoms with van der Waals surface area (Å²) in [6, 6.07) is 11.6. The van der Waals surface area contributed by atoms with Crippen LogP contribution in [0.3, 0.4) is 0 Å². The minimum atomic E-state index is -0.500. The van der Waals surface area contributed by atoms with Crippen molar-refractivity contribution in [3.8, 4) is 11.5 Å². The van der Waals surface area contributed by atoms with Crippen LogP contribution in [0.15, 0.2) is 51.7 Å². The van der Waals surface area contributed by atoms with Gasteiger partial charge in [-0.1, -0.05) is 29.8 Å². The molecule has 1 heterocycles. The number of methoxy groups -OCH3 is 1. The van der Waals surface area contributed by atoms with Crippen LogP contribution >= 0.6 is 11.6 Å². The highest BCUT2D eigenvalue weighted by atomic mass is 35.5. The molecule has 3 aromatic rings. The Morgan fingerprint density at radius 2 is 2.09 bits per heavy atom. The molecule has 116 valence electrons. The molecule has 5 nitrogen and oxygen atoms in total. The third kappa shape index (κ3) is 3.05. The van der Waals surface area contributed by atoms with Crippen molar-refractivity contribution in [2.45, 2.75) is 0 Å². The second kappa shape index (κ2) is 6.14. The first-order chi connectivity index (χ1) is 11.1. The molecular formula is C17H12ClNO4. The van der Waals surface area contributed by atoms with Crippen LogP contribution in [0.2, 0.25) is 0 Å². The van der Waals surface area contributed by atoms with E-state index < -0.39 is 5.63 Å². The van der Waals surface area contributed by atoms with E-state index in [2.05, 4.69) is 4.98 Å². The van der Waals surface area contributed by atoms with Crippen LogP contribution in [0, 0.1) is 0 Å². The molecule has 23 heavy (non-hydrogen) atoms. The van der Waals surface area contributed by atoms with Gasteiger partial charge in [0.25, 0.3) is 0 Å². The molecule has 0 bridgehead atoms. The zero-order valence-electron chi connectivity index (χ0n) is 12.1. The van der Waals surface area contributed by atoms with Crippen LogP contribution in [0.4, 0.5) is 0 Å². The van der Waals surface area contributed by atoms with Crippen molar-refractivity contribution in [1.29, 1.82) is 0 Å². The fraction of sp³-hybridized carbons (Fsp3) is 0.0588. The van der Waals surface area contributed by atoms with Gasteiger partial charge in [-0.05, 0) is 35.9 Å². The normalized spacial score (nSPS) is 11.7. The summed E-state index contributed by atoms with van der Waals surface area (Å²) in [5, 5.41) is 10.2. The van der Waals surface area contributed by atoms with Gasteiger partial charge in [-0.2, -0.15) is 0 Å². The number of ether oxygens (including phenoxy) is 1. The van der Waals surface area contributed by atoms with Crippen molar-refractivity contribution in [3.05, 3.63) is 64.3 Å². The Balaban J connectivity index is 2.06. The first kappa shape index (κ1) is 15.1. The lowest BCUT2D eigenvalue weighted by molar-refractivity contribution is 0.373. The lowest BCUT2D eigenvalue weighted by atomic mass is 10.2. The van der Waals surface area contributed by atoms with Gasteiger partial charge >= 0.3 is 5.63 Å². The Kier molecular flexibility index (Phi) is 4.04. The van der Waals surface area contributed by atoms with E-state index in [4.69, 9.17) is 20.8 Å². The predicted octanol–water partition coefficient (Wildman–Crippen LogP) is 3.64.